The predicted molar refractivity (Wildman–Crippen MR) is 96.4 cm³/mol. The number of amides is 1. The Morgan fingerprint density at radius 1 is 1.31 bits per heavy atom. The molecule has 0 radical (unpaired) electrons. The molecule has 0 aromatic heterocycles. The highest BCUT2D eigenvalue weighted by molar-refractivity contribution is 7.89. The summed E-state index contributed by atoms with van der Waals surface area (Å²) in [6, 6.07) is 5.69. The number of carbonyl (C=O) groups is 1. The molecular weight excluding hydrogens is 358 g/mol. The van der Waals surface area contributed by atoms with Gasteiger partial charge in [0.05, 0.1) is 10.6 Å². The van der Waals surface area contributed by atoms with E-state index in [0.29, 0.717) is 25.9 Å². The normalized spacial score (nSPS) is 16.0. The summed E-state index contributed by atoms with van der Waals surface area (Å²) < 4.78 is 33.2. The van der Waals surface area contributed by atoms with Gasteiger partial charge in [0.1, 0.15) is 5.60 Å². The zero-order valence-corrected chi connectivity index (χ0v) is 15.9. The monoisotopic (exact) mass is 381 g/mol. The second-order valence-electron chi connectivity index (χ2n) is 7.02. The van der Waals surface area contributed by atoms with Gasteiger partial charge in [0.15, 0.2) is 0 Å². The van der Waals surface area contributed by atoms with Crippen molar-refractivity contribution in [3.63, 3.8) is 0 Å². The number of sulfonamides is 1. The summed E-state index contributed by atoms with van der Waals surface area (Å²) in [7, 11) is -3.83. The van der Waals surface area contributed by atoms with E-state index in [1.807, 2.05) is 0 Å². The van der Waals surface area contributed by atoms with Gasteiger partial charge < -0.3 is 9.64 Å². The van der Waals surface area contributed by atoms with Crippen LogP contribution >= 0.6 is 0 Å². The molecule has 0 saturated carbocycles. The Balaban J connectivity index is 2.01. The van der Waals surface area contributed by atoms with Crippen LogP contribution in [0.1, 0.15) is 33.6 Å². The number of benzene rings is 1. The van der Waals surface area contributed by atoms with Crippen molar-refractivity contribution >= 4 is 21.8 Å². The van der Waals surface area contributed by atoms with Crippen molar-refractivity contribution < 1.29 is 17.9 Å². The van der Waals surface area contributed by atoms with Crippen molar-refractivity contribution in [1.82, 2.24) is 9.62 Å². The Kier molecular flexibility index (Phi) is 6.12. The first-order valence-electron chi connectivity index (χ1n) is 8.27. The van der Waals surface area contributed by atoms with Crippen LogP contribution < -0.4 is 4.72 Å². The van der Waals surface area contributed by atoms with Crippen LogP contribution in [0.2, 0.25) is 0 Å². The quantitative estimate of drug-likeness (QED) is 0.488. The van der Waals surface area contributed by atoms with Gasteiger partial charge in [0.2, 0.25) is 10.0 Å². The summed E-state index contributed by atoms with van der Waals surface area (Å²) in [5.41, 5.74) is 8.07. The topological polar surface area (TPSA) is 124 Å². The van der Waals surface area contributed by atoms with Crippen molar-refractivity contribution in [3.05, 3.63) is 34.7 Å². The average molecular weight is 381 g/mol. The first-order chi connectivity index (χ1) is 12.1. The minimum Gasteiger partial charge on any atom is -0.444 e. The molecule has 10 heteroatoms. The Hall–Kier alpha value is -2.29. The van der Waals surface area contributed by atoms with Crippen LogP contribution in [0.25, 0.3) is 10.4 Å². The maximum Gasteiger partial charge on any atom is 0.410 e. The molecule has 1 aromatic rings. The van der Waals surface area contributed by atoms with E-state index >= 15 is 0 Å². The number of azide groups is 1. The molecule has 1 aromatic carbocycles. The zero-order valence-electron chi connectivity index (χ0n) is 15.0. The molecule has 1 saturated heterocycles. The minimum atomic E-state index is -3.83. The van der Waals surface area contributed by atoms with Crippen LogP contribution in [0.4, 0.5) is 10.5 Å². The highest BCUT2D eigenvalue weighted by Gasteiger charge is 2.29. The summed E-state index contributed by atoms with van der Waals surface area (Å²) in [6.45, 7) is 6.20. The summed E-state index contributed by atoms with van der Waals surface area (Å²) in [6.07, 6.45) is 0.553. The van der Waals surface area contributed by atoms with Crippen LogP contribution in [-0.2, 0) is 14.8 Å². The van der Waals surface area contributed by atoms with Crippen LogP contribution in [-0.4, -0.2) is 44.1 Å². The number of hydrogen-bond donors (Lipinski definition) is 1. The van der Waals surface area contributed by atoms with E-state index in [1.165, 1.54) is 12.1 Å². The maximum atomic E-state index is 12.6. The number of rotatable bonds is 4. The van der Waals surface area contributed by atoms with E-state index in [2.05, 4.69) is 14.7 Å². The number of nitrogens with one attached hydrogen (secondary N) is 1. The van der Waals surface area contributed by atoms with Gasteiger partial charge in [0, 0.05) is 24.0 Å². The fourth-order valence-electron chi connectivity index (χ4n) is 2.60. The largest absolute Gasteiger partial charge is 0.444 e. The first kappa shape index (κ1) is 20.0. The van der Waals surface area contributed by atoms with Crippen LogP contribution in [0, 0.1) is 0 Å². The molecule has 0 spiro atoms. The lowest BCUT2D eigenvalue weighted by atomic mass is 10.1. The molecule has 9 nitrogen and oxygen atoms in total. The van der Waals surface area contributed by atoms with Gasteiger partial charge in [0.25, 0.3) is 0 Å². The highest BCUT2D eigenvalue weighted by Crippen LogP contribution is 2.25. The van der Waals surface area contributed by atoms with Crippen LogP contribution in [0.3, 0.4) is 0 Å². The summed E-state index contributed by atoms with van der Waals surface area (Å²) in [5, 5.41) is 3.43. The SMILES string of the molecule is CC(C)(C)OC(=O)N1CCC(NS(=O)(=O)c2ccccc2N=[N+]=[N-])CC1. The van der Waals surface area contributed by atoms with Gasteiger partial charge in [-0.05, 0) is 45.2 Å². The fraction of sp³-hybridized carbons (Fsp3) is 0.562. The van der Waals surface area contributed by atoms with E-state index in [4.69, 9.17) is 10.3 Å². The Bertz CT molecular complexity index is 804. The number of likely N-dealkylation sites (tertiary alicyclic amines) is 1. The second-order valence-corrected chi connectivity index (χ2v) is 8.70. The van der Waals surface area contributed by atoms with Gasteiger partial charge in [-0.1, -0.05) is 23.3 Å². The number of ether oxygens (including phenoxy) is 1. The Labute approximate surface area is 153 Å². The van der Waals surface area contributed by atoms with Gasteiger partial charge >= 0.3 is 6.09 Å². The summed E-state index contributed by atoms with van der Waals surface area (Å²) in [4.78, 5) is 16.2. The lowest BCUT2D eigenvalue weighted by molar-refractivity contribution is 0.0203. The van der Waals surface area contributed by atoms with Crippen molar-refractivity contribution in [3.8, 4) is 0 Å². The third kappa shape index (κ3) is 5.35. The molecule has 1 amide bonds. The van der Waals surface area contributed by atoms with E-state index in [9.17, 15) is 13.2 Å². The van der Waals surface area contributed by atoms with E-state index < -0.39 is 21.7 Å². The molecule has 0 aliphatic carbocycles. The summed E-state index contributed by atoms with van der Waals surface area (Å²) >= 11 is 0. The smallest absolute Gasteiger partial charge is 0.410 e. The molecule has 1 heterocycles. The third-order valence-electron chi connectivity index (χ3n) is 3.78. The van der Waals surface area contributed by atoms with Crippen molar-refractivity contribution in [2.45, 2.75) is 50.2 Å². The minimum absolute atomic E-state index is 0.0497. The Morgan fingerprint density at radius 2 is 1.92 bits per heavy atom. The molecular formula is C16H23N5O4S. The molecule has 1 aliphatic heterocycles. The molecule has 1 aliphatic rings. The number of carbonyl (C=O) groups excluding carboxylic acids is 1. The lowest BCUT2D eigenvalue weighted by Gasteiger charge is -2.33. The molecule has 1 N–H and O–H groups in total. The molecule has 0 unspecified atom stereocenters. The van der Waals surface area contributed by atoms with Crippen molar-refractivity contribution in [1.29, 1.82) is 0 Å². The molecule has 0 bridgehead atoms. The van der Waals surface area contributed by atoms with Gasteiger partial charge in [-0.15, -0.1) is 0 Å². The van der Waals surface area contributed by atoms with Crippen molar-refractivity contribution in [2.24, 2.45) is 5.11 Å². The lowest BCUT2D eigenvalue weighted by Crippen LogP contribution is -2.47. The fourth-order valence-corrected chi connectivity index (χ4v) is 4.05. The van der Waals surface area contributed by atoms with Crippen LogP contribution in [0.5, 0.6) is 0 Å². The van der Waals surface area contributed by atoms with E-state index in [-0.39, 0.29) is 16.6 Å². The number of nitrogens with zero attached hydrogens (tertiary/aromatic N) is 4. The standard InChI is InChI=1S/C16H23N5O4S/c1-16(2,3)25-15(22)21-10-8-12(9-11-21)19-26(23,24)14-7-5-4-6-13(14)18-20-17/h4-7,12,19H,8-11H2,1-3H3. The maximum absolute atomic E-state index is 12.6. The van der Waals surface area contributed by atoms with E-state index in [0.717, 1.165) is 0 Å². The highest BCUT2D eigenvalue weighted by atomic mass is 32.2. The Morgan fingerprint density at radius 3 is 2.50 bits per heavy atom. The molecule has 142 valence electrons. The van der Waals surface area contributed by atoms with Gasteiger partial charge in [-0.2, -0.15) is 0 Å². The molecule has 26 heavy (non-hydrogen) atoms. The predicted octanol–water partition coefficient (Wildman–Crippen LogP) is 3.31. The van der Waals surface area contributed by atoms with E-state index in [1.54, 1.807) is 37.8 Å². The molecule has 0 atom stereocenters. The van der Waals surface area contributed by atoms with Gasteiger partial charge in [-0.3, -0.25) is 0 Å². The van der Waals surface area contributed by atoms with Gasteiger partial charge in [-0.25, -0.2) is 17.9 Å². The first-order valence-corrected chi connectivity index (χ1v) is 9.75. The van der Waals surface area contributed by atoms with Crippen LogP contribution in [0.15, 0.2) is 34.3 Å². The number of hydrogen-bond acceptors (Lipinski definition) is 5. The average Bonchev–Trinajstić information content (AvgIpc) is 2.54. The number of piperidine rings is 1. The molecule has 2 rings (SSSR count). The zero-order chi connectivity index (χ0) is 19.4. The third-order valence-corrected chi connectivity index (χ3v) is 5.34. The summed E-state index contributed by atoms with van der Waals surface area (Å²) in [5.74, 6) is 0. The van der Waals surface area contributed by atoms with Crippen molar-refractivity contribution in [2.75, 3.05) is 13.1 Å². The molecule has 1 fully saturated rings. The second kappa shape index (κ2) is 7.94.